The van der Waals surface area contributed by atoms with Gasteiger partial charge < -0.3 is 9.14 Å². The van der Waals surface area contributed by atoms with Crippen LogP contribution in [0.1, 0.15) is 16.8 Å². The Labute approximate surface area is 150 Å². The summed E-state index contributed by atoms with van der Waals surface area (Å²) in [5, 5.41) is 4.66. The lowest BCUT2D eigenvalue weighted by molar-refractivity contribution is -0.123. The monoisotopic (exact) mass is 355 g/mol. The van der Waals surface area contributed by atoms with Crippen molar-refractivity contribution in [2.24, 2.45) is 5.10 Å². The maximum Gasteiger partial charge on any atom is 0.277 e. The molecule has 128 valence electrons. The average Bonchev–Trinajstić information content (AvgIpc) is 2.90. The van der Waals surface area contributed by atoms with E-state index in [1.165, 1.54) is 0 Å². The fraction of sp³-hybridized carbons (Fsp3) is 0.158. The molecule has 1 amide bonds. The summed E-state index contributed by atoms with van der Waals surface area (Å²) >= 11 is 5.90. The number of fused-ring (bicyclic) bond motifs is 1. The molecule has 3 rings (SSSR count). The molecule has 1 aromatic carbocycles. The Morgan fingerprint density at radius 1 is 1.24 bits per heavy atom. The van der Waals surface area contributed by atoms with Gasteiger partial charge in [0.25, 0.3) is 5.91 Å². The topological polar surface area (TPSA) is 55.1 Å². The van der Waals surface area contributed by atoms with E-state index in [1.54, 1.807) is 24.4 Å². The Balaban J connectivity index is 1.60. The minimum absolute atomic E-state index is 0.117. The van der Waals surface area contributed by atoms with Crippen molar-refractivity contribution in [3.63, 3.8) is 0 Å². The molecule has 0 radical (unpaired) electrons. The molecule has 5 nitrogen and oxygen atoms in total. The summed E-state index contributed by atoms with van der Waals surface area (Å²) < 4.78 is 7.50. The summed E-state index contributed by atoms with van der Waals surface area (Å²) in [5.41, 5.74) is 6.43. The second-order valence-electron chi connectivity index (χ2n) is 5.70. The average molecular weight is 356 g/mol. The van der Waals surface area contributed by atoms with E-state index >= 15 is 0 Å². The lowest BCUT2D eigenvalue weighted by atomic mass is 10.2. The van der Waals surface area contributed by atoms with Gasteiger partial charge in [0.2, 0.25) is 0 Å². The molecule has 0 saturated carbocycles. The maximum absolute atomic E-state index is 11.9. The van der Waals surface area contributed by atoms with E-state index in [2.05, 4.69) is 16.6 Å². The zero-order chi connectivity index (χ0) is 17.8. The highest BCUT2D eigenvalue weighted by atomic mass is 35.5. The lowest BCUT2D eigenvalue weighted by Crippen LogP contribution is -2.24. The van der Waals surface area contributed by atoms with E-state index in [-0.39, 0.29) is 12.5 Å². The molecular formula is C19H18ClN3O2. The van der Waals surface area contributed by atoms with Crippen molar-refractivity contribution in [2.75, 3.05) is 6.61 Å². The van der Waals surface area contributed by atoms with Gasteiger partial charge in [-0.25, -0.2) is 5.43 Å². The molecule has 2 aromatic heterocycles. The number of benzene rings is 1. The molecule has 0 aliphatic rings. The first-order valence-corrected chi connectivity index (χ1v) is 8.20. The summed E-state index contributed by atoms with van der Waals surface area (Å²) in [6.45, 7) is 3.76. The number of pyridine rings is 1. The molecule has 3 aromatic rings. The van der Waals surface area contributed by atoms with Gasteiger partial charge in [-0.3, -0.25) is 4.79 Å². The van der Waals surface area contributed by atoms with Crippen LogP contribution < -0.4 is 10.2 Å². The number of rotatable bonds is 5. The van der Waals surface area contributed by atoms with Crippen LogP contribution in [-0.2, 0) is 4.79 Å². The predicted octanol–water partition coefficient (Wildman–Crippen LogP) is 3.74. The quantitative estimate of drug-likeness (QED) is 0.560. The van der Waals surface area contributed by atoms with Gasteiger partial charge in [-0.2, -0.15) is 5.10 Å². The van der Waals surface area contributed by atoms with Gasteiger partial charge in [0.05, 0.1) is 11.9 Å². The number of hydrazone groups is 1. The van der Waals surface area contributed by atoms with E-state index < -0.39 is 0 Å². The number of halogens is 1. The van der Waals surface area contributed by atoms with Crippen molar-refractivity contribution in [3.05, 3.63) is 70.5 Å². The van der Waals surface area contributed by atoms with Gasteiger partial charge in [0.1, 0.15) is 5.75 Å². The summed E-state index contributed by atoms with van der Waals surface area (Å²) in [4.78, 5) is 11.9. The number of aryl methyl sites for hydroxylation is 2. The van der Waals surface area contributed by atoms with Gasteiger partial charge in [0.15, 0.2) is 6.61 Å². The summed E-state index contributed by atoms with van der Waals surface area (Å²) in [6, 6.07) is 13.3. The fourth-order valence-corrected chi connectivity index (χ4v) is 2.79. The fourth-order valence-electron chi connectivity index (χ4n) is 2.56. The Morgan fingerprint density at radius 2 is 2.08 bits per heavy atom. The first-order chi connectivity index (χ1) is 12.0. The summed E-state index contributed by atoms with van der Waals surface area (Å²) in [7, 11) is 0. The third kappa shape index (κ3) is 4.00. The molecule has 1 N–H and O–H groups in total. The number of nitrogens with zero attached hydrogens (tertiary/aromatic N) is 2. The van der Waals surface area contributed by atoms with Crippen LogP contribution in [0.4, 0.5) is 0 Å². The van der Waals surface area contributed by atoms with Crippen molar-refractivity contribution >= 4 is 29.2 Å². The van der Waals surface area contributed by atoms with E-state index in [0.717, 1.165) is 22.3 Å². The zero-order valence-electron chi connectivity index (χ0n) is 14.0. The van der Waals surface area contributed by atoms with E-state index in [0.29, 0.717) is 10.8 Å². The second-order valence-corrected chi connectivity index (χ2v) is 6.14. The van der Waals surface area contributed by atoms with Crippen molar-refractivity contribution in [2.45, 2.75) is 13.8 Å². The third-order valence-corrected chi connectivity index (χ3v) is 4.03. The smallest absolute Gasteiger partial charge is 0.277 e. The van der Waals surface area contributed by atoms with Crippen LogP contribution >= 0.6 is 11.6 Å². The highest BCUT2D eigenvalue weighted by Gasteiger charge is 2.06. The number of carbonyl (C=O) groups excluding carboxylic acids is 1. The Morgan fingerprint density at radius 3 is 2.88 bits per heavy atom. The van der Waals surface area contributed by atoms with Crippen LogP contribution in [0.5, 0.6) is 5.75 Å². The van der Waals surface area contributed by atoms with Crippen molar-refractivity contribution < 1.29 is 9.53 Å². The minimum atomic E-state index is -0.330. The van der Waals surface area contributed by atoms with E-state index in [4.69, 9.17) is 16.3 Å². The lowest BCUT2D eigenvalue weighted by Gasteiger charge is -2.08. The number of hydrogen-bond acceptors (Lipinski definition) is 3. The van der Waals surface area contributed by atoms with Gasteiger partial charge >= 0.3 is 0 Å². The highest BCUT2D eigenvalue weighted by Crippen LogP contribution is 2.21. The number of carbonyl (C=O) groups is 1. The minimum Gasteiger partial charge on any atom is -0.483 e. The number of ether oxygens (including phenoxy) is 1. The molecule has 0 aliphatic heterocycles. The van der Waals surface area contributed by atoms with Crippen molar-refractivity contribution in [3.8, 4) is 5.75 Å². The molecule has 0 atom stereocenters. The van der Waals surface area contributed by atoms with Crippen molar-refractivity contribution in [1.29, 1.82) is 0 Å². The van der Waals surface area contributed by atoms with Gasteiger partial charge in [0, 0.05) is 16.7 Å². The molecule has 0 unspecified atom stereocenters. The second kappa shape index (κ2) is 7.40. The Hall–Kier alpha value is -2.79. The highest BCUT2D eigenvalue weighted by molar-refractivity contribution is 6.30. The Bertz CT molecular complexity index is 947. The van der Waals surface area contributed by atoms with Crippen LogP contribution in [0.2, 0.25) is 5.02 Å². The number of hydrogen-bond donors (Lipinski definition) is 1. The molecule has 25 heavy (non-hydrogen) atoms. The van der Waals surface area contributed by atoms with Crippen molar-refractivity contribution in [1.82, 2.24) is 9.83 Å². The molecule has 0 bridgehead atoms. The van der Waals surface area contributed by atoms with Crippen LogP contribution in [0, 0.1) is 13.8 Å². The molecule has 6 heteroatoms. The van der Waals surface area contributed by atoms with Crippen LogP contribution in [-0.4, -0.2) is 23.1 Å². The van der Waals surface area contributed by atoms with Crippen LogP contribution in [0.15, 0.2) is 53.8 Å². The number of nitrogens with one attached hydrogen (secondary N) is 1. The van der Waals surface area contributed by atoms with Gasteiger partial charge in [-0.05, 0) is 61.4 Å². The molecule has 0 aliphatic carbocycles. The Kier molecular flexibility index (Phi) is 5.05. The molecular weight excluding hydrogens is 338 g/mol. The first-order valence-electron chi connectivity index (χ1n) is 7.82. The molecule has 0 fully saturated rings. The van der Waals surface area contributed by atoms with Gasteiger partial charge in [-0.15, -0.1) is 0 Å². The molecule has 2 heterocycles. The molecule has 0 saturated heterocycles. The van der Waals surface area contributed by atoms with E-state index in [1.807, 2.05) is 42.6 Å². The standard InChI is InChI=1S/C19H18ClN3O2/c1-13-10-16-5-3-4-8-23(16)17(13)11-21-22-19(24)12-25-18-7-6-15(20)9-14(18)2/h3-11H,12H2,1-2H3,(H,22,24)/b21-11+. The normalized spacial score (nSPS) is 11.2. The van der Waals surface area contributed by atoms with Crippen LogP contribution in [0.25, 0.3) is 5.52 Å². The predicted molar refractivity (Wildman–Crippen MR) is 99.6 cm³/mol. The number of amides is 1. The largest absolute Gasteiger partial charge is 0.483 e. The summed E-state index contributed by atoms with van der Waals surface area (Å²) in [5.74, 6) is 0.293. The first kappa shape index (κ1) is 17.0. The molecule has 0 spiro atoms. The zero-order valence-corrected chi connectivity index (χ0v) is 14.7. The number of aromatic nitrogens is 1. The third-order valence-electron chi connectivity index (χ3n) is 3.79. The SMILES string of the molecule is Cc1cc(Cl)ccc1OCC(=O)N/N=C/c1c(C)cc2ccccn12. The summed E-state index contributed by atoms with van der Waals surface area (Å²) in [6.07, 6.45) is 3.59. The van der Waals surface area contributed by atoms with Crippen LogP contribution in [0.3, 0.4) is 0 Å². The maximum atomic E-state index is 11.9. The van der Waals surface area contributed by atoms with Gasteiger partial charge in [-0.1, -0.05) is 17.7 Å². The van der Waals surface area contributed by atoms with E-state index in [9.17, 15) is 4.79 Å².